The summed E-state index contributed by atoms with van der Waals surface area (Å²) >= 11 is 0. The van der Waals surface area contributed by atoms with E-state index in [2.05, 4.69) is 60.5 Å². The van der Waals surface area contributed by atoms with Gasteiger partial charge in [0.15, 0.2) is 0 Å². The SMILES string of the molecule is Cc1ccc([C@@H]2CNCCN2c2ccc(OCC(C)(C)O)cc2C)cc1. The topological polar surface area (TPSA) is 44.7 Å². The zero-order valence-corrected chi connectivity index (χ0v) is 16.2. The fraction of sp³-hybridized carbons (Fsp3) is 0.455. The molecule has 1 fully saturated rings. The van der Waals surface area contributed by atoms with E-state index in [0.717, 1.165) is 25.4 Å². The molecule has 3 rings (SSSR count). The summed E-state index contributed by atoms with van der Waals surface area (Å²) in [5.74, 6) is 0.801. The van der Waals surface area contributed by atoms with Gasteiger partial charge in [-0.3, -0.25) is 0 Å². The maximum atomic E-state index is 9.85. The molecule has 1 atom stereocenters. The summed E-state index contributed by atoms with van der Waals surface area (Å²) in [6, 6.07) is 15.4. The summed E-state index contributed by atoms with van der Waals surface area (Å²) in [5.41, 5.74) is 4.23. The summed E-state index contributed by atoms with van der Waals surface area (Å²) in [6.07, 6.45) is 0. The Kier molecular flexibility index (Phi) is 5.54. The van der Waals surface area contributed by atoms with Crippen LogP contribution in [0.1, 0.15) is 36.6 Å². The summed E-state index contributed by atoms with van der Waals surface area (Å²) in [5, 5.41) is 13.4. The van der Waals surface area contributed by atoms with Crippen LogP contribution in [0.5, 0.6) is 5.75 Å². The summed E-state index contributed by atoms with van der Waals surface area (Å²) < 4.78 is 5.74. The number of rotatable bonds is 5. The number of anilines is 1. The molecule has 2 aromatic carbocycles. The van der Waals surface area contributed by atoms with Crippen LogP contribution in [0.2, 0.25) is 0 Å². The first-order valence-electron chi connectivity index (χ1n) is 9.33. The molecular weight excluding hydrogens is 324 g/mol. The van der Waals surface area contributed by atoms with Gasteiger partial charge in [-0.15, -0.1) is 0 Å². The predicted octanol–water partition coefficient (Wildman–Crippen LogP) is 3.60. The number of benzene rings is 2. The number of piperazine rings is 1. The maximum absolute atomic E-state index is 9.85. The lowest BCUT2D eigenvalue weighted by molar-refractivity contribution is 0.0285. The van der Waals surface area contributed by atoms with Crippen molar-refractivity contribution >= 4 is 5.69 Å². The Morgan fingerprint density at radius 1 is 1.15 bits per heavy atom. The van der Waals surface area contributed by atoms with Crippen LogP contribution in [0.3, 0.4) is 0 Å². The highest BCUT2D eigenvalue weighted by Crippen LogP contribution is 2.33. The zero-order chi connectivity index (χ0) is 18.7. The third-order valence-corrected chi connectivity index (χ3v) is 4.78. The highest BCUT2D eigenvalue weighted by molar-refractivity contribution is 5.58. The third kappa shape index (κ3) is 4.57. The van der Waals surface area contributed by atoms with Crippen molar-refractivity contribution in [2.45, 2.75) is 39.3 Å². The van der Waals surface area contributed by atoms with Gasteiger partial charge in [0.25, 0.3) is 0 Å². The standard InChI is InChI=1S/C22H30N2O2/c1-16-5-7-18(8-6-16)21-14-23-11-12-24(21)20-10-9-19(13-17(20)2)26-15-22(3,4)25/h5-10,13,21,23,25H,11-12,14-15H2,1-4H3/t21-/m0/s1. The number of nitrogens with one attached hydrogen (secondary N) is 1. The van der Waals surface area contributed by atoms with Crippen molar-refractivity contribution in [2.24, 2.45) is 0 Å². The fourth-order valence-corrected chi connectivity index (χ4v) is 3.38. The van der Waals surface area contributed by atoms with E-state index in [1.807, 2.05) is 6.07 Å². The Labute approximate surface area is 156 Å². The van der Waals surface area contributed by atoms with Gasteiger partial charge in [-0.2, -0.15) is 0 Å². The molecular formula is C22H30N2O2. The van der Waals surface area contributed by atoms with Gasteiger partial charge in [0, 0.05) is 25.3 Å². The minimum Gasteiger partial charge on any atom is -0.491 e. The Morgan fingerprint density at radius 3 is 2.54 bits per heavy atom. The highest BCUT2D eigenvalue weighted by Gasteiger charge is 2.25. The molecule has 1 aliphatic heterocycles. The van der Waals surface area contributed by atoms with Crippen molar-refractivity contribution in [3.8, 4) is 5.75 Å². The molecule has 4 nitrogen and oxygen atoms in total. The van der Waals surface area contributed by atoms with Crippen LogP contribution < -0.4 is 15.0 Å². The number of hydrogen-bond acceptors (Lipinski definition) is 4. The Morgan fingerprint density at radius 2 is 1.88 bits per heavy atom. The maximum Gasteiger partial charge on any atom is 0.119 e. The molecule has 26 heavy (non-hydrogen) atoms. The Balaban J connectivity index is 1.82. The number of ether oxygens (including phenoxy) is 1. The van der Waals surface area contributed by atoms with E-state index in [1.54, 1.807) is 13.8 Å². The summed E-state index contributed by atoms with van der Waals surface area (Å²) in [7, 11) is 0. The summed E-state index contributed by atoms with van der Waals surface area (Å²) in [6.45, 7) is 10.9. The zero-order valence-electron chi connectivity index (χ0n) is 16.2. The molecule has 1 aliphatic rings. The van der Waals surface area contributed by atoms with Gasteiger partial charge in [-0.05, 0) is 57.0 Å². The Bertz CT molecular complexity index is 735. The van der Waals surface area contributed by atoms with E-state index in [-0.39, 0.29) is 6.61 Å². The van der Waals surface area contributed by atoms with Gasteiger partial charge in [0.1, 0.15) is 12.4 Å². The molecule has 0 bridgehead atoms. The van der Waals surface area contributed by atoms with E-state index in [4.69, 9.17) is 4.74 Å². The molecule has 1 heterocycles. The highest BCUT2D eigenvalue weighted by atomic mass is 16.5. The molecule has 0 unspecified atom stereocenters. The average molecular weight is 354 g/mol. The number of nitrogens with zero attached hydrogens (tertiary/aromatic N) is 1. The van der Waals surface area contributed by atoms with E-state index >= 15 is 0 Å². The first-order valence-corrected chi connectivity index (χ1v) is 9.33. The second kappa shape index (κ2) is 7.68. The van der Waals surface area contributed by atoms with Crippen molar-refractivity contribution in [3.05, 3.63) is 59.2 Å². The lowest BCUT2D eigenvalue weighted by atomic mass is 10.00. The van der Waals surface area contributed by atoms with Crippen LogP contribution in [0.4, 0.5) is 5.69 Å². The molecule has 0 aromatic heterocycles. The predicted molar refractivity (Wildman–Crippen MR) is 107 cm³/mol. The number of aryl methyl sites for hydroxylation is 2. The molecule has 1 saturated heterocycles. The lowest BCUT2D eigenvalue weighted by Gasteiger charge is -2.39. The van der Waals surface area contributed by atoms with E-state index in [9.17, 15) is 5.11 Å². The van der Waals surface area contributed by atoms with Gasteiger partial charge in [0.2, 0.25) is 0 Å². The van der Waals surface area contributed by atoms with Crippen LogP contribution in [-0.4, -0.2) is 36.9 Å². The molecule has 2 aromatic rings. The minimum absolute atomic E-state index is 0.283. The molecule has 2 N–H and O–H groups in total. The molecule has 4 heteroatoms. The van der Waals surface area contributed by atoms with Gasteiger partial charge in [0.05, 0.1) is 11.6 Å². The quantitative estimate of drug-likeness (QED) is 0.861. The lowest BCUT2D eigenvalue weighted by Crippen LogP contribution is -2.46. The van der Waals surface area contributed by atoms with Gasteiger partial charge < -0.3 is 20.1 Å². The van der Waals surface area contributed by atoms with Crippen molar-refractivity contribution in [1.29, 1.82) is 0 Å². The molecule has 0 saturated carbocycles. The van der Waals surface area contributed by atoms with Gasteiger partial charge in [-0.25, -0.2) is 0 Å². The van der Waals surface area contributed by atoms with E-state index in [1.165, 1.54) is 22.4 Å². The van der Waals surface area contributed by atoms with Crippen molar-refractivity contribution in [1.82, 2.24) is 5.32 Å². The monoisotopic (exact) mass is 354 g/mol. The van der Waals surface area contributed by atoms with Crippen LogP contribution in [-0.2, 0) is 0 Å². The smallest absolute Gasteiger partial charge is 0.119 e. The molecule has 0 spiro atoms. The van der Waals surface area contributed by atoms with E-state index < -0.39 is 5.60 Å². The fourth-order valence-electron chi connectivity index (χ4n) is 3.38. The van der Waals surface area contributed by atoms with Crippen molar-refractivity contribution < 1.29 is 9.84 Å². The average Bonchev–Trinajstić information content (AvgIpc) is 2.60. The third-order valence-electron chi connectivity index (χ3n) is 4.78. The second-order valence-electron chi connectivity index (χ2n) is 7.87. The number of hydrogen-bond donors (Lipinski definition) is 2. The second-order valence-corrected chi connectivity index (χ2v) is 7.87. The molecule has 140 valence electrons. The minimum atomic E-state index is -0.832. The van der Waals surface area contributed by atoms with Crippen LogP contribution in [0, 0.1) is 13.8 Å². The molecule has 0 radical (unpaired) electrons. The van der Waals surface area contributed by atoms with Crippen molar-refractivity contribution in [2.75, 3.05) is 31.1 Å². The molecule has 0 amide bonds. The van der Waals surface area contributed by atoms with Gasteiger partial charge >= 0.3 is 0 Å². The van der Waals surface area contributed by atoms with Crippen LogP contribution in [0.15, 0.2) is 42.5 Å². The molecule has 0 aliphatic carbocycles. The first-order chi connectivity index (χ1) is 12.3. The summed E-state index contributed by atoms with van der Waals surface area (Å²) in [4.78, 5) is 2.48. The normalized spacial score (nSPS) is 18.0. The largest absolute Gasteiger partial charge is 0.491 e. The van der Waals surface area contributed by atoms with Crippen LogP contribution >= 0.6 is 0 Å². The van der Waals surface area contributed by atoms with E-state index in [0.29, 0.717) is 6.04 Å². The number of aliphatic hydroxyl groups is 1. The van der Waals surface area contributed by atoms with Gasteiger partial charge in [-0.1, -0.05) is 29.8 Å². The van der Waals surface area contributed by atoms with Crippen molar-refractivity contribution in [3.63, 3.8) is 0 Å². The Hall–Kier alpha value is -2.04. The first kappa shape index (κ1) is 18.7. The van der Waals surface area contributed by atoms with Crippen LogP contribution in [0.25, 0.3) is 0 Å².